The van der Waals surface area contributed by atoms with Gasteiger partial charge >= 0.3 is 0 Å². The van der Waals surface area contributed by atoms with Crippen molar-refractivity contribution in [2.24, 2.45) is 5.92 Å². The summed E-state index contributed by atoms with van der Waals surface area (Å²) >= 11 is 0. The Labute approximate surface area is 142 Å². The van der Waals surface area contributed by atoms with Crippen molar-refractivity contribution in [1.82, 2.24) is 10.2 Å². The molecule has 0 saturated carbocycles. The van der Waals surface area contributed by atoms with E-state index in [0.717, 1.165) is 45.9 Å². The molecule has 24 heavy (non-hydrogen) atoms. The standard InChI is InChI=1S/C18H25FN2O3/c19-16-4-2-1-3-14(16)11-18(22)20-12-17(15-5-8-24-13-15)21-6-9-23-10-7-21/h1-4,15,17H,5-13H2,(H,20,22)/t15-,17+/m1/s1. The molecule has 2 fully saturated rings. The van der Waals surface area contributed by atoms with Crippen molar-refractivity contribution in [3.05, 3.63) is 35.6 Å². The van der Waals surface area contributed by atoms with Crippen molar-refractivity contribution >= 4 is 5.91 Å². The number of nitrogens with zero attached hydrogens (tertiary/aromatic N) is 1. The van der Waals surface area contributed by atoms with E-state index in [0.29, 0.717) is 18.0 Å². The molecule has 0 unspecified atom stereocenters. The van der Waals surface area contributed by atoms with E-state index >= 15 is 0 Å². The normalized spacial score (nSPS) is 23.1. The largest absolute Gasteiger partial charge is 0.381 e. The molecule has 2 aliphatic rings. The molecule has 2 saturated heterocycles. The van der Waals surface area contributed by atoms with Crippen molar-refractivity contribution in [3.63, 3.8) is 0 Å². The van der Waals surface area contributed by atoms with E-state index in [1.54, 1.807) is 18.2 Å². The van der Waals surface area contributed by atoms with Gasteiger partial charge < -0.3 is 14.8 Å². The van der Waals surface area contributed by atoms with Gasteiger partial charge in [0.1, 0.15) is 5.82 Å². The zero-order valence-electron chi connectivity index (χ0n) is 13.9. The molecule has 5 nitrogen and oxygen atoms in total. The highest BCUT2D eigenvalue weighted by Gasteiger charge is 2.31. The van der Waals surface area contributed by atoms with Crippen LogP contribution in [0.4, 0.5) is 4.39 Å². The van der Waals surface area contributed by atoms with Crippen LogP contribution in [0.3, 0.4) is 0 Å². The first kappa shape index (κ1) is 17.3. The average Bonchev–Trinajstić information content (AvgIpc) is 3.12. The van der Waals surface area contributed by atoms with Gasteiger partial charge in [0, 0.05) is 38.2 Å². The second kappa shape index (κ2) is 8.55. The molecule has 1 aromatic carbocycles. The van der Waals surface area contributed by atoms with Crippen LogP contribution in [0.1, 0.15) is 12.0 Å². The summed E-state index contributed by atoms with van der Waals surface area (Å²) in [5, 5.41) is 2.99. The average molecular weight is 336 g/mol. The van der Waals surface area contributed by atoms with E-state index in [1.807, 2.05) is 0 Å². The molecule has 132 valence electrons. The number of benzene rings is 1. The molecule has 1 amide bonds. The van der Waals surface area contributed by atoms with Crippen LogP contribution in [0.2, 0.25) is 0 Å². The monoisotopic (exact) mass is 336 g/mol. The van der Waals surface area contributed by atoms with Crippen LogP contribution in [-0.4, -0.2) is 62.9 Å². The first-order valence-electron chi connectivity index (χ1n) is 8.63. The molecule has 2 aliphatic heterocycles. The summed E-state index contributed by atoms with van der Waals surface area (Å²) in [5.74, 6) is -0.0456. The summed E-state index contributed by atoms with van der Waals surface area (Å²) in [6.07, 6.45) is 1.09. The number of carbonyl (C=O) groups is 1. The molecular formula is C18H25FN2O3. The van der Waals surface area contributed by atoms with E-state index in [2.05, 4.69) is 10.2 Å². The molecular weight excluding hydrogens is 311 g/mol. The van der Waals surface area contributed by atoms with Crippen molar-refractivity contribution in [1.29, 1.82) is 0 Å². The summed E-state index contributed by atoms with van der Waals surface area (Å²) in [7, 11) is 0. The number of carbonyl (C=O) groups excluding carboxylic acids is 1. The smallest absolute Gasteiger partial charge is 0.224 e. The SMILES string of the molecule is O=C(Cc1ccccc1F)NC[C@@H]([C@@H]1CCOC1)N1CCOCC1. The number of hydrogen-bond acceptors (Lipinski definition) is 4. The Hall–Kier alpha value is -1.50. The van der Waals surface area contributed by atoms with E-state index in [4.69, 9.17) is 9.47 Å². The fraction of sp³-hybridized carbons (Fsp3) is 0.611. The molecule has 0 aliphatic carbocycles. The van der Waals surface area contributed by atoms with Crippen LogP contribution in [0.15, 0.2) is 24.3 Å². The molecule has 3 rings (SSSR count). The highest BCUT2D eigenvalue weighted by atomic mass is 19.1. The van der Waals surface area contributed by atoms with Crippen LogP contribution in [0, 0.1) is 11.7 Å². The maximum Gasteiger partial charge on any atom is 0.224 e. The first-order valence-corrected chi connectivity index (χ1v) is 8.63. The number of hydrogen-bond donors (Lipinski definition) is 1. The van der Waals surface area contributed by atoms with Gasteiger partial charge in [-0.15, -0.1) is 0 Å². The minimum absolute atomic E-state index is 0.0731. The van der Waals surface area contributed by atoms with E-state index in [9.17, 15) is 9.18 Å². The second-order valence-corrected chi connectivity index (χ2v) is 6.41. The number of ether oxygens (including phenoxy) is 2. The Morgan fingerprint density at radius 2 is 2.04 bits per heavy atom. The van der Waals surface area contributed by atoms with Crippen LogP contribution < -0.4 is 5.32 Å². The molecule has 1 aromatic rings. The Morgan fingerprint density at radius 3 is 2.75 bits per heavy atom. The predicted molar refractivity (Wildman–Crippen MR) is 88.2 cm³/mol. The molecule has 0 aromatic heterocycles. The highest BCUT2D eigenvalue weighted by molar-refractivity contribution is 5.78. The van der Waals surface area contributed by atoms with E-state index < -0.39 is 0 Å². The van der Waals surface area contributed by atoms with Crippen LogP contribution in [0.5, 0.6) is 0 Å². The van der Waals surface area contributed by atoms with Crippen molar-refractivity contribution in [2.75, 3.05) is 46.1 Å². The lowest BCUT2D eigenvalue weighted by molar-refractivity contribution is -0.121. The third-order valence-corrected chi connectivity index (χ3v) is 4.84. The van der Waals surface area contributed by atoms with Crippen LogP contribution in [-0.2, 0) is 20.7 Å². The Bertz CT molecular complexity index is 543. The number of rotatable bonds is 6. The zero-order chi connectivity index (χ0) is 16.8. The Kier molecular flexibility index (Phi) is 6.18. The van der Waals surface area contributed by atoms with Crippen LogP contribution in [0.25, 0.3) is 0 Å². The van der Waals surface area contributed by atoms with Gasteiger partial charge in [0.05, 0.1) is 26.2 Å². The topological polar surface area (TPSA) is 50.8 Å². The van der Waals surface area contributed by atoms with Gasteiger partial charge in [0.25, 0.3) is 0 Å². The number of halogens is 1. The van der Waals surface area contributed by atoms with Gasteiger partial charge in [-0.3, -0.25) is 9.69 Å². The Morgan fingerprint density at radius 1 is 1.25 bits per heavy atom. The molecule has 0 bridgehead atoms. The van der Waals surface area contributed by atoms with Gasteiger partial charge in [-0.25, -0.2) is 4.39 Å². The fourth-order valence-electron chi connectivity index (χ4n) is 3.45. The maximum absolute atomic E-state index is 13.7. The lowest BCUT2D eigenvalue weighted by Gasteiger charge is -2.37. The van der Waals surface area contributed by atoms with Crippen LogP contribution >= 0.6 is 0 Å². The summed E-state index contributed by atoms with van der Waals surface area (Å²) in [6.45, 7) is 5.32. The lowest BCUT2D eigenvalue weighted by atomic mass is 9.96. The molecule has 0 radical (unpaired) electrons. The molecule has 2 atom stereocenters. The highest BCUT2D eigenvalue weighted by Crippen LogP contribution is 2.22. The quantitative estimate of drug-likeness (QED) is 0.849. The first-order chi connectivity index (χ1) is 11.7. The van der Waals surface area contributed by atoms with E-state index in [-0.39, 0.29) is 24.2 Å². The van der Waals surface area contributed by atoms with Gasteiger partial charge in [-0.2, -0.15) is 0 Å². The lowest BCUT2D eigenvalue weighted by Crippen LogP contribution is -2.52. The van der Waals surface area contributed by atoms with Crippen molar-refractivity contribution in [2.45, 2.75) is 18.9 Å². The van der Waals surface area contributed by atoms with Gasteiger partial charge in [0.2, 0.25) is 5.91 Å². The minimum Gasteiger partial charge on any atom is -0.381 e. The van der Waals surface area contributed by atoms with Crippen molar-refractivity contribution in [3.8, 4) is 0 Å². The third-order valence-electron chi connectivity index (χ3n) is 4.84. The zero-order valence-corrected chi connectivity index (χ0v) is 13.9. The number of nitrogens with one attached hydrogen (secondary N) is 1. The summed E-state index contributed by atoms with van der Waals surface area (Å²) in [6, 6.07) is 6.67. The molecule has 6 heteroatoms. The molecule has 2 heterocycles. The molecule has 0 spiro atoms. The van der Waals surface area contributed by atoms with Gasteiger partial charge in [-0.1, -0.05) is 18.2 Å². The minimum atomic E-state index is -0.332. The second-order valence-electron chi connectivity index (χ2n) is 6.41. The van der Waals surface area contributed by atoms with Gasteiger partial charge in [0.15, 0.2) is 0 Å². The Balaban J connectivity index is 1.56. The number of morpholine rings is 1. The summed E-state index contributed by atoms with van der Waals surface area (Å²) in [5.41, 5.74) is 0.433. The van der Waals surface area contributed by atoms with E-state index in [1.165, 1.54) is 6.07 Å². The summed E-state index contributed by atoms with van der Waals surface area (Å²) < 4.78 is 24.6. The maximum atomic E-state index is 13.7. The van der Waals surface area contributed by atoms with Gasteiger partial charge in [-0.05, 0) is 18.1 Å². The number of amides is 1. The third kappa shape index (κ3) is 4.53. The molecule has 1 N–H and O–H groups in total. The van der Waals surface area contributed by atoms with Crippen molar-refractivity contribution < 1.29 is 18.7 Å². The fourth-order valence-corrected chi connectivity index (χ4v) is 3.45. The predicted octanol–water partition coefficient (Wildman–Crippen LogP) is 1.22. The summed E-state index contributed by atoms with van der Waals surface area (Å²) in [4.78, 5) is 14.6.